The number of piperidine rings is 2. The van der Waals surface area contributed by atoms with E-state index in [2.05, 4.69) is 50.8 Å². The molecular weight excluding hydrogens is 480 g/mol. The quantitative estimate of drug-likeness (QED) is 0.235. The van der Waals surface area contributed by atoms with Crippen molar-refractivity contribution in [1.29, 1.82) is 5.26 Å². The lowest BCUT2D eigenvalue weighted by Crippen LogP contribution is -2.51. The normalized spacial score (nSPS) is 22.9. The number of ether oxygens (including phenoxy) is 2. The third-order valence-electron chi connectivity index (χ3n) is 6.61. The van der Waals surface area contributed by atoms with Crippen LogP contribution in [0.25, 0.3) is 0 Å². The second kappa shape index (κ2) is 12.3. The summed E-state index contributed by atoms with van der Waals surface area (Å²) in [4.78, 5) is 15.1. The molecule has 0 bridgehead atoms. The van der Waals surface area contributed by atoms with Gasteiger partial charge in [0.25, 0.3) is 5.92 Å². The van der Waals surface area contributed by atoms with Crippen LogP contribution in [0.4, 0.5) is 14.6 Å². The van der Waals surface area contributed by atoms with Gasteiger partial charge in [0.05, 0.1) is 13.7 Å². The van der Waals surface area contributed by atoms with Gasteiger partial charge in [-0.3, -0.25) is 0 Å². The van der Waals surface area contributed by atoms with E-state index in [-0.39, 0.29) is 18.1 Å². The summed E-state index contributed by atoms with van der Waals surface area (Å²) in [5.74, 6) is -1.97. The number of nitrogens with one attached hydrogen (secondary N) is 2. The minimum atomic E-state index is -3.10. The number of methoxy groups -OCH3 is 1. The Hall–Kier alpha value is -3.36. The Balaban J connectivity index is 1.85. The van der Waals surface area contributed by atoms with Crippen LogP contribution in [0, 0.1) is 11.3 Å². The fraction of sp³-hybridized carbons (Fsp3) is 0.538. The second-order valence-electron chi connectivity index (χ2n) is 9.37. The first-order valence-electron chi connectivity index (χ1n) is 12.2. The van der Waals surface area contributed by atoms with Crippen LogP contribution in [0.2, 0.25) is 0 Å². The van der Waals surface area contributed by atoms with Gasteiger partial charge in [-0.25, -0.2) is 18.8 Å². The maximum absolute atomic E-state index is 14.4. The first kappa shape index (κ1) is 28.2. The standard InChI is InChI=1S/C26H35F2N7O2/c1-6-7-20(37-21-10-13-31-17-26(21,27)28)25(2,16-29)34-24(30-3)33-22-9-8-19(23(32-22)36-5)18-11-14-35(4)15-12-18/h6-9,18,21,31H,1,3,10-15,17H2,2,4-5H3,(H,32,33,34)/b20-7+. The van der Waals surface area contributed by atoms with Crippen LogP contribution in [0.1, 0.15) is 37.7 Å². The highest BCUT2D eigenvalue weighted by atomic mass is 19.3. The van der Waals surface area contributed by atoms with Crippen LogP contribution in [0.15, 0.2) is 46.6 Å². The summed E-state index contributed by atoms with van der Waals surface area (Å²) in [6.07, 6.45) is 3.42. The summed E-state index contributed by atoms with van der Waals surface area (Å²) in [5, 5.41) is 15.6. The summed E-state index contributed by atoms with van der Waals surface area (Å²) >= 11 is 0. The van der Waals surface area contributed by atoms with Crippen LogP contribution in [0.5, 0.6) is 5.88 Å². The molecule has 1 aromatic rings. The minimum absolute atomic E-state index is 0.0266. The average molecular weight is 516 g/mol. The van der Waals surface area contributed by atoms with E-state index in [0.717, 1.165) is 31.5 Å². The zero-order valence-electron chi connectivity index (χ0n) is 21.6. The lowest BCUT2D eigenvalue weighted by Gasteiger charge is -2.34. The van der Waals surface area contributed by atoms with Gasteiger partial charge in [0, 0.05) is 12.0 Å². The number of hydrogen-bond acceptors (Lipinski definition) is 7. The number of anilines is 1. The molecule has 2 saturated heterocycles. The molecule has 1 aromatic heterocycles. The van der Waals surface area contributed by atoms with Crippen molar-refractivity contribution in [3.8, 4) is 11.9 Å². The zero-order chi connectivity index (χ0) is 27.1. The summed E-state index contributed by atoms with van der Waals surface area (Å²) in [7, 11) is 3.67. The molecular formula is C26H35F2N7O2. The number of guanidine groups is 1. The first-order chi connectivity index (χ1) is 17.7. The average Bonchev–Trinajstić information content (AvgIpc) is 2.89. The molecule has 0 aromatic carbocycles. The first-order valence-corrected chi connectivity index (χ1v) is 12.2. The maximum atomic E-state index is 14.4. The largest absolute Gasteiger partial charge is 0.485 e. The van der Waals surface area contributed by atoms with Gasteiger partial charge >= 0.3 is 0 Å². The topological polar surface area (TPSA) is 107 Å². The molecule has 37 heavy (non-hydrogen) atoms. The van der Waals surface area contributed by atoms with Crippen LogP contribution in [-0.4, -0.2) is 80.5 Å². The predicted molar refractivity (Wildman–Crippen MR) is 140 cm³/mol. The van der Waals surface area contributed by atoms with Crippen LogP contribution in [-0.2, 0) is 4.74 Å². The van der Waals surface area contributed by atoms with Crippen molar-refractivity contribution in [1.82, 2.24) is 15.2 Å². The second-order valence-corrected chi connectivity index (χ2v) is 9.37. The lowest BCUT2D eigenvalue weighted by molar-refractivity contribution is -0.134. The van der Waals surface area contributed by atoms with Gasteiger partial charge in [-0.15, -0.1) is 0 Å². The van der Waals surface area contributed by atoms with E-state index in [1.165, 1.54) is 19.1 Å². The van der Waals surface area contributed by atoms with Crippen molar-refractivity contribution in [2.24, 2.45) is 9.98 Å². The molecule has 2 fully saturated rings. The Kier molecular flexibility index (Phi) is 9.34. The molecule has 2 unspecified atom stereocenters. The summed E-state index contributed by atoms with van der Waals surface area (Å²) in [5.41, 5.74) is -0.655. The molecule has 2 N–H and O–H groups in total. The lowest BCUT2D eigenvalue weighted by atomic mass is 9.90. The third-order valence-corrected chi connectivity index (χ3v) is 6.61. The van der Waals surface area contributed by atoms with E-state index in [1.807, 2.05) is 12.1 Å². The number of nitriles is 1. The Morgan fingerprint density at radius 3 is 2.70 bits per heavy atom. The molecule has 0 amide bonds. The number of hydrogen-bond donors (Lipinski definition) is 2. The fourth-order valence-electron chi connectivity index (χ4n) is 4.41. The van der Waals surface area contributed by atoms with Crippen molar-refractivity contribution < 1.29 is 18.3 Å². The fourth-order valence-corrected chi connectivity index (χ4v) is 4.41. The Morgan fingerprint density at radius 2 is 2.11 bits per heavy atom. The molecule has 0 spiro atoms. The van der Waals surface area contributed by atoms with Crippen molar-refractivity contribution in [2.45, 2.75) is 49.7 Å². The third kappa shape index (κ3) is 6.90. The Labute approximate surface area is 217 Å². The molecule has 9 nitrogen and oxygen atoms in total. The molecule has 0 aliphatic carbocycles. The number of aromatic nitrogens is 1. The molecule has 11 heteroatoms. The number of halogens is 2. The van der Waals surface area contributed by atoms with Crippen molar-refractivity contribution in [3.05, 3.63) is 42.2 Å². The van der Waals surface area contributed by atoms with Gasteiger partial charge in [0.15, 0.2) is 6.10 Å². The van der Waals surface area contributed by atoms with Gasteiger partial charge in [-0.1, -0.05) is 12.7 Å². The van der Waals surface area contributed by atoms with Crippen molar-refractivity contribution >= 4 is 18.5 Å². The molecule has 2 atom stereocenters. The highest BCUT2D eigenvalue weighted by molar-refractivity contribution is 5.96. The molecule has 2 aliphatic heterocycles. The zero-order valence-corrected chi connectivity index (χ0v) is 21.6. The van der Waals surface area contributed by atoms with Crippen molar-refractivity contribution in [3.63, 3.8) is 0 Å². The predicted octanol–water partition coefficient (Wildman–Crippen LogP) is 3.73. The molecule has 200 valence electrons. The van der Waals surface area contributed by atoms with E-state index < -0.39 is 24.1 Å². The molecule has 2 aliphatic rings. The number of pyridine rings is 1. The van der Waals surface area contributed by atoms with Gasteiger partial charge < -0.3 is 25.0 Å². The van der Waals surface area contributed by atoms with E-state index in [0.29, 0.717) is 24.2 Å². The van der Waals surface area contributed by atoms with Gasteiger partial charge in [0.1, 0.15) is 17.6 Å². The van der Waals surface area contributed by atoms with E-state index >= 15 is 0 Å². The maximum Gasteiger partial charge on any atom is 0.296 e. The Bertz CT molecular complexity index is 1080. The summed E-state index contributed by atoms with van der Waals surface area (Å²) in [6, 6.07) is 5.79. The van der Waals surface area contributed by atoms with Gasteiger partial charge in [-0.05, 0) is 77.3 Å². The number of rotatable bonds is 8. The van der Waals surface area contributed by atoms with E-state index in [9.17, 15) is 14.0 Å². The molecule has 0 saturated carbocycles. The van der Waals surface area contributed by atoms with Crippen LogP contribution < -0.4 is 15.4 Å². The molecule has 0 radical (unpaired) electrons. The Morgan fingerprint density at radius 1 is 1.38 bits per heavy atom. The smallest absolute Gasteiger partial charge is 0.296 e. The SMILES string of the molecule is C=C/C=C(/OC1CCNCC1(F)F)C(C)(C#N)N=C(N=C)Nc1ccc(C2CCN(C)CC2)c(OC)n1. The number of likely N-dealkylation sites (tertiary alicyclic amines) is 1. The minimum Gasteiger partial charge on any atom is -0.485 e. The number of nitrogens with zero attached hydrogens (tertiary/aromatic N) is 5. The van der Waals surface area contributed by atoms with Gasteiger partial charge in [0.2, 0.25) is 17.4 Å². The van der Waals surface area contributed by atoms with E-state index in [4.69, 9.17) is 9.47 Å². The monoisotopic (exact) mass is 515 g/mol. The van der Waals surface area contributed by atoms with E-state index in [1.54, 1.807) is 13.2 Å². The van der Waals surface area contributed by atoms with Crippen LogP contribution in [0.3, 0.4) is 0 Å². The molecule has 3 heterocycles. The highest BCUT2D eigenvalue weighted by Crippen LogP contribution is 2.35. The van der Waals surface area contributed by atoms with Crippen molar-refractivity contribution in [2.75, 3.05) is 45.7 Å². The highest BCUT2D eigenvalue weighted by Gasteiger charge is 2.45. The van der Waals surface area contributed by atoms with Crippen LogP contribution >= 0.6 is 0 Å². The number of allylic oxidation sites excluding steroid dienone is 2. The number of aliphatic imine (C=N–C) groups is 2. The number of alkyl halides is 2. The summed E-state index contributed by atoms with van der Waals surface area (Å²) in [6.45, 7) is 10.5. The molecule has 3 rings (SSSR count). The van der Waals surface area contributed by atoms with Gasteiger partial charge in [-0.2, -0.15) is 10.2 Å². The summed E-state index contributed by atoms with van der Waals surface area (Å²) < 4.78 is 40.1.